The van der Waals surface area contributed by atoms with E-state index < -0.39 is 0 Å². The number of aryl methyl sites for hydroxylation is 2. The van der Waals surface area contributed by atoms with Gasteiger partial charge in [0.25, 0.3) is 5.91 Å². The highest BCUT2D eigenvalue weighted by atomic mass is 16.5. The fourth-order valence-electron chi connectivity index (χ4n) is 5.21. The summed E-state index contributed by atoms with van der Waals surface area (Å²) in [6.45, 7) is 7.31. The highest BCUT2D eigenvalue weighted by Gasteiger charge is 2.30. The lowest BCUT2D eigenvalue weighted by atomic mass is 9.90. The van der Waals surface area contributed by atoms with Crippen molar-refractivity contribution in [1.82, 2.24) is 19.9 Å². The van der Waals surface area contributed by atoms with E-state index in [9.17, 15) is 4.79 Å². The molecule has 1 amide bonds. The van der Waals surface area contributed by atoms with Gasteiger partial charge in [-0.1, -0.05) is 30.5 Å². The number of aromatic nitrogens is 2. The predicted molar refractivity (Wildman–Crippen MR) is 116 cm³/mol. The number of likely N-dealkylation sites (tertiary alicyclic amines) is 1. The van der Waals surface area contributed by atoms with Crippen molar-refractivity contribution >= 4 is 5.91 Å². The Labute approximate surface area is 179 Å². The molecule has 2 aromatic heterocycles. The molecule has 0 aromatic carbocycles. The number of carbonyl (C=O) groups is 1. The van der Waals surface area contributed by atoms with Crippen molar-refractivity contribution < 1.29 is 9.32 Å². The third-order valence-corrected chi connectivity index (χ3v) is 6.75. The van der Waals surface area contributed by atoms with Gasteiger partial charge in [0.15, 0.2) is 0 Å². The first-order valence-corrected chi connectivity index (χ1v) is 11.5. The van der Waals surface area contributed by atoms with Gasteiger partial charge in [0.2, 0.25) is 0 Å². The molecule has 6 heteroatoms. The first-order valence-electron chi connectivity index (χ1n) is 11.5. The predicted octanol–water partition coefficient (Wildman–Crippen LogP) is 4.37. The quantitative estimate of drug-likeness (QED) is 0.707. The van der Waals surface area contributed by atoms with Crippen molar-refractivity contribution in [2.45, 2.75) is 71.4 Å². The van der Waals surface area contributed by atoms with Crippen LogP contribution in [-0.2, 0) is 6.54 Å². The Morgan fingerprint density at radius 2 is 2.03 bits per heavy atom. The maximum Gasteiger partial charge on any atom is 0.259 e. The Morgan fingerprint density at radius 1 is 1.20 bits per heavy atom. The summed E-state index contributed by atoms with van der Waals surface area (Å²) in [5.74, 6) is 1.12. The summed E-state index contributed by atoms with van der Waals surface area (Å²) < 4.78 is 5.29. The highest BCUT2D eigenvalue weighted by Crippen LogP contribution is 2.28. The van der Waals surface area contributed by atoms with E-state index in [-0.39, 0.29) is 5.91 Å². The fraction of sp³-hybridized carbons (Fsp3) is 0.625. The lowest BCUT2D eigenvalue weighted by molar-refractivity contribution is 0.0581. The molecule has 1 saturated heterocycles. The highest BCUT2D eigenvalue weighted by molar-refractivity contribution is 5.96. The summed E-state index contributed by atoms with van der Waals surface area (Å²) in [5, 5.41) is 4.00. The summed E-state index contributed by atoms with van der Waals surface area (Å²) in [7, 11) is 0. The van der Waals surface area contributed by atoms with Crippen LogP contribution < -0.4 is 0 Å². The van der Waals surface area contributed by atoms with Gasteiger partial charge in [-0.05, 0) is 63.6 Å². The standard InChI is InChI=1S/C24H34N4O2/c1-18-23(19(2)30-26-18)24(29)28(15-20-8-6-12-25-14-20)17-21-9-7-13-27(16-21)22-10-4-3-5-11-22/h6,8,12,14,21-22H,3-5,7,9-11,13,15-17H2,1-2H3/t21-/m0/s1. The molecule has 30 heavy (non-hydrogen) atoms. The number of piperidine rings is 1. The van der Waals surface area contributed by atoms with E-state index >= 15 is 0 Å². The Hall–Kier alpha value is -2.21. The van der Waals surface area contributed by atoms with Crippen LogP contribution >= 0.6 is 0 Å². The van der Waals surface area contributed by atoms with E-state index in [1.807, 2.05) is 37.1 Å². The SMILES string of the molecule is Cc1noc(C)c1C(=O)N(Cc1cccnc1)C[C@H]1CCCN(C2CCCCC2)C1. The maximum absolute atomic E-state index is 13.5. The molecule has 1 saturated carbocycles. The number of amides is 1. The summed E-state index contributed by atoms with van der Waals surface area (Å²) in [4.78, 5) is 22.4. The largest absolute Gasteiger partial charge is 0.361 e. The van der Waals surface area contributed by atoms with Crippen LogP contribution in [-0.4, -0.2) is 51.5 Å². The van der Waals surface area contributed by atoms with Crippen LogP contribution in [0.4, 0.5) is 0 Å². The van der Waals surface area contributed by atoms with Crippen LogP contribution in [0.3, 0.4) is 0 Å². The average molecular weight is 411 g/mol. The summed E-state index contributed by atoms with van der Waals surface area (Å²) >= 11 is 0. The van der Waals surface area contributed by atoms with Crippen molar-refractivity contribution in [3.8, 4) is 0 Å². The lowest BCUT2D eigenvalue weighted by Gasteiger charge is -2.41. The monoisotopic (exact) mass is 410 g/mol. The zero-order valence-corrected chi connectivity index (χ0v) is 18.3. The molecule has 4 rings (SSSR count). The summed E-state index contributed by atoms with van der Waals surface area (Å²) in [6, 6.07) is 4.71. The zero-order valence-electron chi connectivity index (χ0n) is 18.3. The molecule has 0 bridgehead atoms. The first kappa shape index (κ1) is 21.0. The van der Waals surface area contributed by atoms with Crippen molar-refractivity contribution in [2.75, 3.05) is 19.6 Å². The molecule has 2 fully saturated rings. The van der Waals surface area contributed by atoms with Crippen LogP contribution in [0.25, 0.3) is 0 Å². The minimum Gasteiger partial charge on any atom is -0.361 e. The molecule has 162 valence electrons. The van der Waals surface area contributed by atoms with Crippen molar-refractivity contribution in [3.63, 3.8) is 0 Å². The second-order valence-electron chi connectivity index (χ2n) is 9.04. The van der Waals surface area contributed by atoms with Gasteiger partial charge in [0.05, 0.1) is 5.69 Å². The zero-order chi connectivity index (χ0) is 20.9. The minimum absolute atomic E-state index is 0.0184. The van der Waals surface area contributed by atoms with E-state index in [0.29, 0.717) is 29.5 Å². The number of hydrogen-bond acceptors (Lipinski definition) is 5. The molecule has 0 radical (unpaired) electrons. The molecule has 0 unspecified atom stereocenters. The van der Waals surface area contributed by atoms with Gasteiger partial charge in [-0.2, -0.15) is 0 Å². The van der Waals surface area contributed by atoms with Gasteiger partial charge < -0.3 is 14.3 Å². The van der Waals surface area contributed by atoms with E-state index in [1.165, 1.54) is 51.5 Å². The van der Waals surface area contributed by atoms with Gasteiger partial charge in [-0.3, -0.25) is 9.78 Å². The first-order chi connectivity index (χ1) is 14.6. The maximum atomic E-state index is 13.5. The van der Waals surface area contributed by atoms with Gasteiger partial charge >= 0.3 is 0 Å². The number of pyridine rings is 1. The molecule has 0 spiro atoms. The second kappa shape index (κ2) is 9.73. The molecule has 1 aliphatic heterocycles. The van der Waals surface area contributed by atoms with E-state index in [2.05, 4.69) is 15.0 Å². The molecule has 1 aliphatic carbocycles. The van der Waals surface area contributed by atoms with Crippen LogP contribution in [0.5, 0.6) is 0 Å². The Bertz CT molecular complexity index is 809. The van der Waals surface area contributed by atoms with Gasteiger partial charge in [0.1, 0.15) is 11.3 Å². The van der Waals surface area contributed by atoms with Crippen LogP contribution in [0.2, 0.25) is 0 Å². The average Bonchev–Trinajstić information content (AvgIpc) is 3.12. The fourth-order valence-corrected chi connectivity index (χ4v) is 5.21. The second-order valence-corrected chi connectivity index (χ2v) is 9.04. The molecule has 3 heterocycles. The number of hydrogen-bond donors (Lipinski definition) is 0. The van der Waals surface area contributed by atoms with Crippen LogP contribution in [0, 0.1) is 19.8 Å². The molecular weight excluding hydrogens is 376 g/mol. The smallest absolute Gasteiger partial charge is 0.259 e. The lowest BCUT2D eigenvalue weighted by Crippen LogP contribution is -2.47. The van der Waals surface area contributed by atoms with E-state index in [1.54, 1.807) is 6.20 Å². The Morgan fingerprint density at radius 3 is 2.73 bits per heavy atom. The van der Waals surface area contributed by atoms with E-state index in [0.717, 1.165) is 24.7 Å². The van der Waals surface area contributed by atoms with Gasteiger partial charge in [-0.15, -0.1) is 0 Å². The molecule has 6 nitrogen and oxygen atoms in total. The molecule has 2 aromatic rings. The normalized spacial score (nSPS) is 20.9. The van der Waals surface area contributed by atoms with Crippen molar-refractivity contribution in [3.05, 3.63) is 47.1 Å². The van der Waals surface area contributed by atoms with Crippen molar-refractivity contribution in [1.29, 1.82) is 0 Å². The third-order valence-electron chi connectivity index (χ3n) is 6.75. The van der Waals surface area contributed by atoms with Crippen LogP contribution in [0.15, 0.2) is 29.0 Å². The number of carbonyl (C=O) groups excluding carboxylic acids is 1. The molecule has 2 aliphatic rings. The number of rotatable bonds is 6. The molecule has 0 N–H and O–H groups in total. The molecular formula is C24H34N4O2. The Kier molecular flexibility index (Phi) is 6.82. The van der Waals surface area contributed by atoms with Gasteiger partial charge in [0, 0.05) is 38.1 Å². The number of nitrogens with zero attached hydrogens (tertiary/aromatic N) is 4. The third kappa shape index (κ3) is 4.91. The van der Waals surface area contributed by atoms with Crippen LogP contribution in [0.1, 0.15) is 72.3 Å². The van der Waals surface area contributed by atoms with Gasteiger partial charge in [-0.25, -0.2) is 0 Å². The summed E-state index contributed by atoms with van der Waals surface area (Å²) in [5.41, 5.74) is 2.33. The van der Waals surface area contributed by atoms with Crippen molar-refractivity contribution in [2.24, 2.45) is 5.92 Å². The molecule has 1 atom stereocenters. The Balaban J connectivity index is 1.49. The summed E-state index contributed by atoms with van der Waals surface area (Å²) in [6.07, 6.45) is 12.8. The topological polar surface area (TPSA) is 62.5 Å². The minimum atomic E-state index is 0.0184. The van der Waals surface area contributed by atoms with E-state index in [4.69, 9.17) is 4.52 Å².